The first-order chi connectivity index (χ1) is 8.74. The zero-order chi connectivity index (χ0) is 13.0. The van der Waals surface area contributed by atoms with Crippen LogP contribution >= 0.6 is 15.9 Å². The van der Waals surface area contributed by atoms with Crippen molar-refractivity contribution < 1.29 is 4.74 Å². The van der Waals surface area contributed by atoms with Crippen LogP contribution < -0.4 is 10.5 Å². The average molecular weight is 312 g/mol. The lowest BCUT2D eigenvalue weighted by atomic mass is 9.86. The summed E-state index contributed by atoms with van der Waals surface area (Å²) in [7, 11) is 0. The maximum absolute atomic E-state index is 6.17. The second-order valence-electron chi connectivity index (χ2n) is 5.10. The molecule has 0 atom stereocenters. The van der Waals surface area contributed by atoms with Gasteiger partial charge in [-0.3, -0.25) is 0 Å². The quantitative estimate of drug-likeness (QED) is 0.902. The molecule has 0 unspecified atom stereocenters. The highest BCUT2D eigenvalue weighted by Crippen LogP contribution is 2.34. The minimum atomic E-state index is 0.358. The van der Waals surface area contributed by atoms with E-state index in [2.05, 4.69) is 22.9 Å². The SMILES string of the molecule is CCC1CCC(Oc2c(Br)cccc2CN)CC1. The first kappa shape index (κ1) is 13.9. The van der Waals surface area contributed by atoms with Crippen molar-refractivity contribution in [3.8, 4) is 5.75 Å². The van der Waals surface area contributed by atoms with Crippen LogP contribution in [0.4, 0.5) is 0 Å². The van der Waals surface area contributed by atoms with Gasteiger partial charge in [0, 0.05) is 12.1 Å². The summed E-state index contributed by atoms with van der Waals surface area (Å²) in [5, 5.41) is 0. The van der Waals surface area contributed by atoms with E-state index < -0.39 is 0 Å². The Morgan fingerprint density at radius 3 is 2.61 bits per heavy atom. The molecule has 0 spiro atoms. The van der Waals surface area contributed by atoms with Crippen molar-refractivity contribution in [2.24, 2.45) is 11.7 Å². The predicted molar refractivity (Wildman–Crippen MR) is 78.7 cm³/mol. The molecule has 1 aliphatic rings. The maximum Gasteiger partial charge on any atom is 0.138 e. The summed E-state index contributed by atoms with van der Waals surface area (Å²) in [6.45, 7) is 2.81. The van der Waals surface area contributed by atoms with Gasteiger partial charge >= 0.3 is 0 Å². The molecule has 0 saturated heterocycles. The minimum Gasteiger partial charge on any atom is -0.489 e. The highest BCUT2D eigenvalue weighted by Gasteiger charge is 2.22. The van der Waals surface area contributed by atoms with Crippen LogP contribution in [0.15, 0.2) is 22.7 Å². The fraction of sp³-hybridized carbons (Fsp3) is 0.600. The first-order valence-corrected chi connectivity index (χ1v) is 7.68. The van der Waals surface area contributed by atoms with Crippen molar-refractivity contribution in [3.63, 3.8) is 0 Å². The van der Waals surface area contributed by atoms with Crippen LogP contribution in [0.25, 0.3) is 0 Å². The van der Waals surface area contributed by atoms with Crippen LogP contribution in [0.1, 0.15) is 44.6 Å². The first-order valence-electron chi connectivity index (χ1n) is 6.88. The van der Waals surface area contributed by atoms with E-state index in [-0.39, 0.29) is 0 Å². The van der Waals surface area contributed by atoms with Gasteiger partial charge in [-0.15, -0.1) is 0 Å². The number of nitrogens with two attached hydrogens (primary N) is 1. The number of hydrogen-bond acceptors (Lipinski definition) is 2. The lowest BCUT2D eigenvalue weighted by Crippen LogP contribution is -2.24. The third-order valence-electron chi connectivity index (χ3n) is 3.92. The molecule has 0 bridgehead atoms. The maximum atomic E-state index is 6.17. The molecule has 0 aromatic heterocycles. The molecule has 0 heterocycles. The van der Waals surface area contributed by atoms with E-state index in [0.29, 0.717) is 12.6 Å². The van der Waals surface area contributed by atoms with E-state index in [1.165, 1.54) is 32.1 Å². The topological polar surface area (TPSA) is 35.2 Å². The van der Waals surface area contributed by atoms with Gasteiger partial charge in [-0.05, 0) is 53.6 Å². The van der Waals surface area contributed by atoms with Crippen molar-refractivity contribution >= 4 is 15.9 Å². The molecule has 100 valence electrons. The number of ether oxygens (including phenoxy) is 1. The van der Waals surface area contributed by atoms with Crippen LogP contribution in [0.5, 0.6) is 5.75 Å². The molecule has 0 radical (unpaired) electrons. The fourth-order valence-electron chi connectivity index (χ4n) is 2.67. The Balaban J connectivity index is 2.02. The van der Waals surface area contributed by atoms with E-state index in [4.69, 9.17) is 10.5 Å². The molecule has 18 heavy (non-hydrogen) atoms. The van der Waals surface area contributed by atoms with Crippen LogP contribution in [-0.2, 0) is 6.54 Å². The van der Waals surface area contributed by atoms with Gasteiger partial charge < -0.3 is 10.5 Å². The molecule has 2 nitrogen and oxygen atoms in total. The number of halogens is 1. The van der Waals surface area contributed by atoms with Gasteiger partial charge in [-0.2, -0.15) is 0 Å². The van der Waals surface area contributed by atoms with Crippen LogP contribution in [-0.4, -0.2) is 6.10 Å². The molecule has 2 N–H and O–H groups in total. The smallest absolute Gasteiger partial charge is 0.138 e. The van der Waals surface area contributed by atoms with Gasteiger partial charge in [-0.25, -0.2) is 0 Å². The third kappa shape index (κ3) is 3.27. The van der Waals surface area contributed by atoms with Gasteiger partial charge in [0.2, 0.25) is 0 Å². The largest absolute Gasteiger partial charge is 0.489 e. The number of benzene rings is 1. The highest BCUT2D eigenvalue weighted by atomic mass is 79.9. The number of hydrogen-bond donors (Lipinski definition) is 1. The Morgan fingerprint density at radius 1 is 1.28 bits per heavy atom. The summed E-state index contributed by atoms with van der Waals surface area (Å²) >= 11 is 3.56. The molecular formula is C15H22BrNO. The van der Waals surface area contributed by atoms with E-state index in [1.807, 2.05) is 18.2 Å². The third-order valence-corrected chi connectivity index (χ3v) is 4.55. The van der Waals surface area contributed by atoms with Crippen molar-refractivity contribution in [2.45, 2.75) is 51.7 Å². The Bertz CT molecular complexity index is 386. The zero-order valence-corrected chi connectivity index (χ0v) is 12.6. The van der Waals surface area contributed by atoms with Crippen LogP contribution in [0.2, 0.25) is 0 Å². The zero-order valence-electron chi connectivity index (χ0n) is 11.0. The Labute approximate surface area is 118 Å². The Kier molecular flexibility index (Phi) is 5.07. The van der Waals surface area contributed by atoms with Gasteiger partial charge in [0.15, 0.2) is 0 Å². The summed E-state index contributed by atoms with van der Waals surface area (Å²) in [4.78, 5) is 0. The Hall–Kier alpha value is -0.540. The summed E-state index contributed by atoms with van der Waals surface area (Å²) in [6, 6.07) is 6.07. The molecule has 0 amide bonds. The van der Waals surface area contributed by atoms with Crippen molar-refractivity contribution in [2.75, 3.05) is 0 Å². The molecule has 0 aliphatic heterocycles. The lowest BCUT2D eigenvalue weighted by molar-refractivity contribution is 0.128. The molecule has 1 saturated carbocycles. The van der Waals surface area contributed by atoms with Gasteiger partial charge in [0.1, 0.15) is 5.75 Å². The highest BCUT2D eigenvalue weighted by molar-refractivity contribution is 9.10. The molecule has 3 heteroatoms. The molecule has 1 aliphatic carbocycles. The fourth-order valence-corrected chi connectivity index (χ4v) is 3.17. The van der Waals surface area contributed by atoms with Gasteiger partial charge in [0.25, 0.3) is 0 Å². The summed E-state index contributed by atoms with van der Waals surface area (Å²) < 4.78 is 7.19. The monoisotopic (exact) mass is 311 g/mol. The van der Waals surface area contributed by atoms with Crippen LogP contribution in [0.3, 0.4) is 0 Å². The normalized spacial score (nSPS) is 23.9. The second-order valence-corrected chi connectivity index (χ2v) is 5.96. The summed E-state index contributed by atoms with van der Waals surface area (Å²) in [5.41, 5.74) is 6.85. The number of para-hydroxylation sites is 1. The van der Waals surface area contributed by atoms with E-state index >= 15 is 0 Å². The summed E-state index contributed by atoms with van der Waals surface area (Å²) in [6.07, 6.45) is 6.59. The van der Waals surface area contributed by atoms with Crippen molar-refractivity contribution in [1.29, 1.82) is 0 Å². The molecule has 1 aromatic rings. The second kappa shape index (κ2) is 6.58. The molecule has 1 aromatic carbocycles. The van der Waals surface area contributed by atoms with Crippen molar-refractivity contribution in [1.82, 2.24) is 0 Å². The standard InChI is InChI=1S/C15H22BrNO/c1-2-11-6-8-13(9-7-11)18-15-12(10-17)4-3-5-14(15)16/h3-5,11,13H,2,6-10,17H2,1H3. The Morgan fingerprint density at radius 2 is 2.00 bits per heavy atom. The minimum absolute atomic E-state index is 0.358. The van der Waals surface area contributed by atoms with E-state index in [0.717, 1.165) is 21.7 Å². The number of rotatable bonds is 4. The van der Waals surface area contributed by atoms with E-state index in [1.54, 1.807) is 0 Å². The van der Waals surface area contributed by atoms with Gasteiger partial charge in [0.05, 0.1) is 10.6 Å². The summed E-state index contributed by atoms with van der Waals surface area (Å²) in [5.74, 6) is 1.85. The molecule has 2 rings (SSSR count). The van der Waals surface area contributed by atoms with Crippen molar-refractivity contribution in [3.05, 3.63) is 28.2 Å². The van der Waals surface area contributed by atoms with Crippen LogP contribution in [0, 0.1) is 5.92 Å². The predicted octanol–water partition coefficient (Wildman–Crippen LogP) is 4.26. The molecule has 1 fully saturated rings. The van der Waals surface area contributed by atoms with E-state index in [9.17, 15) is 0 Å². The lowest BCUT2D eigenvalue weighted by Gasteiger charge is -2.29. The average Bonchev–Trinajstić information content (AvgIpc) is 2.42. The molecular weight excluding hydrogens is 290 g/mol. The van der Waals surface area contributed by atoms with Gasteiger partial charge in [-0.1, -0.05) is 25.5 Å².